The van der Waals surface area contributed by atoms with Crippen molar-refractivity contribution in [2.24, 2.45) is 16.0 Å². The Balaban J connectivity index is 2.74. The zero-order valence-electron chi connectivity index (χ0n) is 9.59. The third kappa shape index (κ3) is 2.23. The van der Waals surface area contributed by atoms with E-state index in [-0.39, 0.29) is 11.0 Å². The van der Waals surface area contributed by atoms with Crippen molar-refractivity contribution in [1.82, 2.24) is 4.57 Å². The van der Waals surface area contributed by atoms with Gasteiger partial charge in [0.2, 0.25) is 11.0 Å². The first-order chi connectivity index (χ1) is 8.54. The number of benzene rings is 1. The number of rotatable bonds is 2. The molecule has 18 heavy (non-hydrogen) atoms. The number of hydrogen-bond acceptors (Lipinski definition) is 3. The Morgan fingerprint density at radius 1 is 1.56 bits per heavy atom. The zero-order valence-corrected chi connectivity index (χ0v) is 12.0. The fourth-order valence-corrected chi connectivity index (χ4v) is 2.22. The van der Waals surface area contributed by atoms with Gasteiger partial charge in [0.05, 0.1) is 5.52 Å². The molecule has 0 aliphatic heterocycles. The van der Waals surface area contributed by atoms with E-state index >= 15 is 0 Å². The van der Waals surface area contributed by atoms with Crippen molar-refractivity contribution in [3.63, 3.8) is 0 Å². The summed E-state index contributed by atoms with van der Waals surface area (Å²) in [7, 11) is 0. The number of aromatic nitrogens is 1. The van der Waals surface area contributed by atoms with E-state index in [4.69, 9.17) is 5.73 Å². The van der Waals surface area contributed by atoms with E-state index in [2.05, 4.69) is 38.4 Å². The van der Waals surface area contributed by atoms with E-state index in [0.717, 1.165) is 15.4 Å². The van der Waals surface area contributed by atoms with E-state index in [1.54, 1.807) is 4.57 Å². The summed E-state index contributed by atoms with van der Waals surface area (Å²) in [4.78, 5) is 0. The Labute approximate surface area is 117 Å². The van der Waals surface area contributed by atoms with Crippen LogP contribution in [0.5, 0.6) is 5.88 Å². The number of azo groups is 1. The molecule has 0 aliphatic carbocycles. The van der Waals surface area contributed by atoms with Gasteiger partial charge in [-0.1, -0.05) is 15.9 Å². The molecular weight excluding hydrogens is 316 g/mol. The first kappa shape index (κ1) is 13.0. The van der Waals surface area contributed by atoms with Crippen LogP contribution < -0.4 is 5.73 Å². The number of fused-ring (bicyclic) bond motifs is 1. The lowest BCUT2D eigenvalue weighted by atomic mass is 10.2. The van der Waals surface area contributed by atoms with Gasteiger partial charge in [0.1, 0.15) is 0 Å². The molecule has 0 spiro atoms. The highest BCUT2D eigenvalue weighted by Crippen LogP contribution is 2.39. The minimum atomic E-state index is -0.0678. The third-order valence-corrected chi connectivity index (χ3v) is 3.11. The SMILES string of the molecule is CCn1c(O)c(N=NC(N)=S)c2cc(Br)ccc21. The molecule has 7 heteroatoms. The summed E-state index contributed by atoms with van der Waals surface area (Å²) in [5.41, 5.74) is 6.54. The monoisotopic (exact) mass is 326 g/mol. The molecule has 0 amide bonds. The topological polar surface area (TPSA) is 75.9 Å². The van der Waals surface area contributed by atoms with Crippen LogP contribution >= 0.6 is 28.1 Å². The van der Waals surface area contributed by atoms with Gasteiger partial charge in [0.25, 0.3) is 0 Å². The molecule has 0 bridgehead atoms. The van der Waals surface area contributed by atoms with Gasteiger partial charge >= 0.3 is 0 Å². The molecule has 0 radical (unpaired) electrons. The van der Waals surface area contributed by atoms with Gasteiger partial charge in [-0.05, 0) is 37.3 Å². The van der Waals surface area contributed by atoms with Gasteiger partial charge < -0.3 is 15.4 Å². The van der Waals surface area contributed by atoms with Crippen molar-refractivity contribution in [1.29, 1.82) is 0 Å². The molecule has 1 aromatic carbocycles. The maximum Gasteiger partial charge on any atom is 0.220 e. The summed E-state index contributed by atoms with van der Waals surface area (Å²) in [5, 5.41) is 18.4. The highest BCUT2D eigenvalue weighted by atomic mass is 79.9. The summed E-state index contributed by atoms with van der Waals surface area (Å²) in [5.74, 6) is 0.0607. The van der Waals surface area contributed by atoms with Crippen molar-refractivity contribution in [2.45, 2.75) is 13.5 Å². The van der Waals surface area contributed by atoms with Crippen LogP contribution in [0.3, 0.4) is 0 Å². The van der Waals surface area contributed by atoms with E-state index in [1.165, 1.54) is 0 Å². The Bertz CT molecular complexity index is 650. The molecule has 0 atom stereocenters. The van der Waals surface area contributed by atoms with Crippen molar-refractivity contribution in [3.05, 3.63) is 22.7 Å². The molecule has 0 saturated carbocycles. The van der Waals surface area contributed by atoms with Gasteiger partial charge in [-0.2, -0.15) is 0 Å². The van der Waals surface area contributed by atoms with Gasteiger partial charge in [0.15, 0.2) is 5.69 Å². The molecule has 0 saturated heterocycles. The van der Waals surface area contributed by atoms with Gasteiger partial charge in [-0.25, -0.2) is 0 Å². The minimum absolute atomic E-state index is 0.0607. The van der Waals surface area contributed by atoms with Crippen LogP contribution in [-0.4, -0.2) is 14.8 Å². The van der Waals surface area contributed by atoms with Crippen molar-refractivity contribution < 1.29 is 5.11 Å². The number of thiocarbonyl (C=S) groups is 1. The molecule has 3 N–H and O–H groups in total. The maximum atomic E-state index is 10.1. The average molecular weight is 327 g/mol. The lowest BCUT2D eigenvalue weighted by Crippen LogP contribution is -2.01. The standard InChI is InChI=1S/C11H11BrN4OS/c1-2-16-8-4-3-6(12)5-7(8)9(10(16)17)14-15-11(13)18/h3-5,17H,2H2,1H3,(H2,13,18). The number of aryl methyl sites for hydroxylation is 1. The molecule has 1 heterocycles. The second-order valence-electron chi connectivity index (χ2n) is 3.62. The Hall–Kier alpha value is -1.47. The van der Waals surface area contributed by atoms with Crippen LogP contribution in [0.4, 0.5) is 5.69 Å². The number of hydrogen-bond donors (Lipinski definition) is 2. The van der Waals surface area contributed by atoms with Crippen LogP contribution in [0.25, 0.3) is 10.9 Å². The lowest BCUT2D eigenvalue weighted by Gasteiger charge is -2.01. The molecule has 0 unspecified atom stereocenters. The van der Waals surface area contributed by atoms with E-state index < -0.39 is 0 Å². The lowest BCUT2D eigenvalue weighted by molar-refractivity contribution is 0.427. The largest absolute Gasteiger partial charge is 0.493 e. The van der Waals surface area contributed by atoms with Crippen molar-refractivity contribution in [3.8, 4) is 5.88 Å². The Morgan fingerprint density at radius 3 is 2.89 bits per heavy atom. The smallest absolute Gasteiger partial charge is 0.220 e. The summed E-state index contributed by atoms with van der Waals surface area (Å²) < 4.78 is 2.64. The first-order valence-electron chi connectivity index (χ1n) is 5.26. The minimum Gasteiger partial charge on any atom is -0.493 e. The fraction of sp³-hybridized carbons (Fsp3) is 0.182. The number of nitrogens with two attached hydrogens (primary N) is 1. The second-order valence-corrected chi connectivity index (χ2v) is 4.95. The van der Waals surface area contributed by atoms with Crippen LogP contribution in [0.2, 0.25) is 0 Å². The highest BCUT2D eigenvalue weighted by molar-refractivity contribution is 9.10. The summed E-state index contributed by atoms with van der Waals surface area (Å²) >= 11 is 8.03. The highest BCUT2D eigenvalue weighted by Gasteiger charge is 2.15. The Kier molecular flexibility index (Phi) is 3.63. The maximum absolute atomic E-state index is 10.1. The van der Waals surface area contributed by atoms with Crippen LogP contribution in [-0.2, 0) is 6.54 Å². The fourth-order valence-electron chi connectivity index (χ4n) is 1.81. The summed E-state index contributed by atoms with van der Waals surface area (Å²) in [6.45, 7) is 2.57. The molecule has 0 fully saturated rings. The van der Waals surface area contributed by atoms with E-state index in [0.29, 0.717) is 12.2 Å². The van der Waals surface area contributed by atoms with Crippen LogP contribution in [0.1, 0.15) is 6.92 Å². The number of aromatic hydroxyl groups is 1. The second kappa shape index (κ2) is 5.03. The van der Waals surface area contributed by atoms with E-state index in [9.17, 15) is 5.11 Å². The summed E-state index contributed by atoms with van der Waals surface area (Å²) in [6.07, 6.45) is 0. The summed E-state index contributed by atoms with van der Waals surface area (Å²) in [6, 6.07) is 5.68. The predicted octanol–water partition coefficient (Wildman–Crippen LogP) is 3.46. The number of nitrogens with zero attached hydrogens (tertiary/aromatic N) is 3. The van der Waals surface area contributed by atoms with Gasteiger partial charge in [-0.3, -0.25) is 0 Å². The molecule has 0 aliphatic rings. The molecule has 2 rings (SSSR count). The average Bonchev–Trinajstić information content (AvgIpc) is 2.57. The quantitative estimate of drug-likeness (QED) is 0.655. The third-order valence-electron chi connectivity index (χ3n) is 2.54. The van der Waals surface area contributed by atoms with E-state index in [1.807, 2.05) is 25.1 Å². The predicted molar refractivity (Wildman–Crippen MR) is 78.3 cm³/mol. The van der Waals surface area contributed by atoms with Gasteiger partial charge in [-0.15, -0.1) is 10.2 Å². The molecular formula is C11H11BrN4OS. The normalized spacial score (nSPS) is 11.4. The van der Waals surface area contributed by atoms with Crippen molar-refractivity contribution >= 4 is 49.9 Å². The Morgan fingerprint density at radius 2 is 2.28 bits per heavy atom. The van der Waals surface area contributed by atoms with Crippen molar-refractivity contribution in [2.75, 3.05) is 0 Å². The van der Waals surface area contributed by atoms with Gasteiger partial charge in [0, 0.05) is 16.4 Å². The number of halogens is 1. The zero-order chi connectivity index (χ0) is 13.3. The molecule has 5 nitrogen and oxygen atoms in total. The van der Waals surface area contributed by atoms with Crippen LogP contribution in [0, 0.1) is 0 Å². The first-order valence-corrected chi connectivity index (χ1v) is 6.46. The molecule has 94 valence electrons. The molecule has 1 aromatic heterocycles. The van der Waals surface area contributed by atoms with Crippen LogP contribution in [0.15, 0.2) is 32.9 Å². The molecule has 2 aromatic rings.